The maximum absolute atomic E-state index is 13.8. The Morgan fingerprint density at radius 2 is 1.62 bits per heavy atom. The van der Waals surface area contributed by atoms with Crippen molar-refractivity contribution < 1.29 is 19.1 Å². The average molecular weight is 616 g/mol. The van der Waals surface area contributed by atoms with Gasteiger partial charge in [-0.3, -0.25) is 14.5 Å². The van der Waals surface area contributed by atoms with E-state index in [1.54, 1.807) is 48.0 Å². The van der Waals surface area contributed by atoms with E-state index in [9.17, 15) is 14.4 Å². The molecule has 0 unspecified atom stereocenters. The second-order valence-electron chi connectivity index (χ2n) is 12.7. The van der Waals surface area contributed by atoms with Crippen molar-refractivity contribution in [2.75, 3.05) is 44.6 Å². The highest BCUT2D eigenvalue weighted by Gasteiger charge is 2.22. The molecule has 4 rings (SSSR count). The van der Waals surface area contributed by atoms with Crippen molar-refractivity contribution in [1.82, 2.24) is 19.4 Å². The quantitative estimate of drug-likeness (QED) is 0.201. The fourth-order valence-electron chi connectivity index (χ4n) is 5.41. The van der Waals surface area contributed by atoms with Gasteiger partial charge in [0.1, 0.15) is 0 Å². The SMILES string of the molecule is CCOC(=O)c1ccc(NC(=O)c2nn3ccc(C(=O)N(CCC(C)C)CCC(C)C)cc3c2/C=C/CN2CCCCC2)cc1. The van der Waals surface area contributed by atoms with E-state index in [2.05, 4.69) is 49.1 Å². The van der Waals surface area contributed by atoms with Crippen LogP contribution >= 0.6 is 0 Å². The molecule has 1 saturated heterocycles. The molecule has 0 saturated carbocycles. The smallest absolute Gasteiger partial charge is 0.338 e. The number of nitrogens with zero attached hydrogens (tertiary/aromatic N) is 4. The normalized spacial score (nSPS) is 14.0. The highest BCUT2D eigenvalue weighted by molar-refractivity contribution is 6.07. The zero-order chi connectivity index (χ0) is 32.3. The third-order valence-corrected chi connectivity index (χ3v) is 8.13. The van der Waals surface area contributed by atoms with Crippen molar-refractivity contribution in [2.45, 2.75) is 66.7 Å². The molecule has 45 heavy (non-hydrogen) atoms. The summed E-state index contributed by atoms with van der Waals surface area (Å²) in [5.41, 5.74) is 3.17. The van der Waals surface area contributed by atoms with Gasteiger partial charge in [-0.25, -0.2) is 9.31 Å². The predicted molar refractivity (Wildman–Crippen MR) is 180 cm³/mol. The Balaban J connectivity index is 1.64. The topological polar surface area (TPSA) is 96.2 Å². The highest BCUT2D eigenvalue weighted by Crippen LogP contribution is 2.23. The van der Waals surface area contributed by atoms with Crippen LogP contribution in [0.25, 0.3) is 11.6 Å². The molecule has 1 aliphatic heterocycles. The average Bonchev–Trinajstić information content (AvgIpc) is 3.39. The number of nitrogens with one attached hydrogen (secondary N) is 1. The van der Waals surface area contributed by atoms with Crippen molar-refractivity contribution in [1.29, 1.82) is 0 Å². The van der Waals surface area contributed by atoms with E-state index in [0.717, 1.165) is 32.5 Å². The molecule has 3 aromatic rings. The van der Waals surface area contributed by atoms with Crippen molar-refractivity contribution in [2.24, 2.45) is 11.8 Å². The molecular weight excluding hydrogens is 566 g/mol. The monoisotopic (exact) mass is 615 g/mol. The molecule has 9 heteroatoms. The van der Waals surface area contributed by atoms with Crippen LogP contribution in [0.1, 0.15) is 103 Å². The van der Waals surface area contributed by atoms with Crippen LogP contribution in [0.5, 0.6) is 0 Å². The minimum Gasteiger partial charge on any atom is -0.462 e. The Kier molecular flexibility index (Phi) is 12.3. The first kappa shape index (κ1) is 33.9. The van der Waals surface area contributed by atoms with Crippen LogP contribution in [0.15, 0.2) is 48.7 Å². The Hall–Kier alpha value is -3.98. The van der Waals surface area contributed by atoms with Crippen LogP contribution < -0.4 is 5.32 Å². The minimum absolute atomic E-state index is 0.00376. The molecule has 1 N–H and O–H groups in total. The number of hydrogen-bond donors (Lipinski definition) is 1. The fraction of sp³-hybridized carbons (Fsp3) is 0.500. The summed E-state index contributed by atoms with van der Waals surface area (Å²) >= 11 is 0. The van der Waals surface area contributed by atoms with Gasteiger partial charge in [-0.15, -0.1) is 0 Å². The number of fused-ring (bicyclic) bond motifs is 1. The molecule has 0 bridgehead atoms. The summed E-state index contributed by atoms with van der Waals surface area (Å²) in [6.45, 7) is 15.1. The van der Waals surface area contributed by atoms with Crippen molar-refractivity contribution in [3.8, 4) is 0 Å². The summed E-state index contributed by atoms with van der Waals surface area (Å²) in [4.78, 5) is 43.8. The van der Waals surface area contributed by atoms with Crippen LogP contribution in [0.4, 0.5) is 5.69 Å². The second kappa shape index (κ2) is 16.4. The number of aromatic nitrogens is 2. The number of rotatable bonds is 14. The largest absolute Gasteiger partial charge is 0.462 e. The van der Waals surface area contributed by atoms with Crippen LogP contribution in [0, 0.1) is 11.8 Å². The Labute approximate surface area is 267 Å². The zero-order valence-corrected chi connectivity index (χ0v) is 27.6. The number of anilines is 1. The molecule has 2 amide bonds. The lowest BCUT2D eigenvalue weighted by atomic mass is 10.1. The maximum atomic E-state index is 13.8. The van der Waals surface area contributed by atoms with E-state index in [1.165, 1.54) is 19.3 Å². The van der Waals surface area contributed by atoms with E-state index in [-0.39, 0.29) is 17.5 Å². The minimum atomic E-state index is -0.408. The third-order valence-electron chi connectivity index (χ3n) is 8.13. The summed E-state index contributed by atoms with van der Waals surface area (Å²) in [6.07, 6.45) is 11.3. The fourth-order valence-corrected chi connectivity index (χ4v) is 5.41. The van der Waals surface area contributed by atoms with E-state index >= 15 is 0 Å². The van der Waals surface area contributed by atoms with Gasteiger partial charge in [0.25, 0.3) is 11.8 Å². The van der Waals surface area contributed by atoms with Gasteiger partial charge in [0.15, 0.2) is 5.69 Å². The molecule has 0 aliphatic carbocycles. The number of hydrogen-bond acceptors (Lipinski definition) is 6. The van der Waals surface area contributed by atoms with Gasteiger partial charge in [0.2, 0.25) is 0 Å². The molecular formula is C36H49N5O4. The third kappa shape index (κ3) is 9.50. The van der Waals surface area contributed by atoms with E-state index in [0.29, 0.717) is 59.4 Å². The van der Waals surface area contributed by atoms with Crippen LogP contribution in [0.3, 0.4) is 0 Å². The number of amides is 2. The number of ether oxygens (including phenoxy) is 1. The molecule has 1 fully saturated rings. The lowest BCUT2D eigenvalue weighted by molar-refractivity contribution is 0.0526. The molecule has 0 radical (unpaired) electrons. The summed E-state index contributed by atoms with van der Waals surface area (Å²) in [6, 6.07) is 10.2. The number of likely N-dealkylation sites (tertiary alicyclic amines) is 1. The molecule has 242 valence electrons. The van der Waals surface area contributed by atoms with Gasteiger partial charge in [-0.1, -0.05) is 46.3 Å². The highest BCUT2D eigenvalue weighted by atomic mass is 16.5. The number of carbonyl (C=O) groups is 3. The molecule has 1 aliphatic rings. The first-order valence-corrected chi connectivity index (χ1v) is 16.4. The molecule has 0 atom stereocenters. The maximum Gasteiger partial charge on any atom is 0.338 e. The molecule has 1 aromatic carbocycles. The lowest BCUT2D eigenvalue weighted by Gasteiger charge is -2.25. The molecule has 0 spiro atoms. The second-order valence-corrected chi connectivity index (χ2v) is 12.7. The van der Waals surface area contributed by atoms with Crippen molar-refractivity contribution in [3.05, 3.63) is 71.1 Å². The Bertz CT molecular complexity index is 1460. The summed E-state index contributed by atoms with van der Waals surface area (Å²) in [5.74, 6) is 0.208. The number of benzene rings is 1. The van der Waals surface area contributed by atoms with Gasteiger partial charge in [0, 0.05) is 42.6 Å². The molecule has 3 heterocycles. The standard InChI is InChI=1S/C36H49N5O4/c1-6-45-36(44)28-12-14-30(15-13-28)37-34(42)33-31(11-10-21-39-19-8-7-9-20-39)32-25-29(18-24-41(32)38-33)35(43)40(22-16-26(2)3)23-17-27(4)5/h10-15,18,24-27H,6-9,16-17,19-23H2,1-5H3,(H,37,42)/b11-10+. The van der Waals surface area contributed by atoms with Gasteiger partial charge in [0.05, 0.1) is 17.7 Å². The number of esters is 1. The van der Waals surface area contributed by atoms with Crippen molar-refractivity contribution >= 4 is 35.1 Å². The molecule has 9 nitrogen and oxygen atoms in total. The van der Waals surface area contributed by atoms with E-state index in [1.807, 2.05) is 17.0 Å². The molecule has 2 aromatic heterocycles. The van der Waals surface area contributed by atoms with Gasteiger partial charge in [-0.05, 0) is 93.9 Å². The number of carbonyl (C=O) groups excluding carboxylic acids is 3. The van der Waals surface area contributed by atoms with Gasteiger partial charge < -0.3 is 15.0 Å². The van der Waals surface area contributed by atoms with Crippen LogP contribution in [-0.2, 0) is 4.74 Å². The van der Waals surface area contributed by atoms with Crippen LogP contribution in [-0.4, -0.2) is 76.5 Å². The first-order valence-electron chi connectivity index (χ1n) is 16.4. The number of piperidine rings is 1. The van der Waals surface area contributed by atoms with Gasteiger partial charge >= 0.3 is 5.97 Å². The van der Waals surface area contributed by atoms with E-state index < -0.39 is 5.97 Å². The zero-order valence-electron chi connectivity index (χ0n) is 27.6. The van der Waals surface area contributed by atoms with Crippen LogP contribution in [0.2, 0.25) is 0 Å². The number of pyridine rings is 1. The van der Waals surface area contributed by atoms with E-state index in [4.69, 9.17) is 4.74 Å². The first-order chi connectivity index (χ1) is 21.7. The predicted octanol–water partition coefficient (Wildman–Crippen LogP) is 6.80. The summed E-state index contributed by atoms with van der Waals surface area (Å²) in [5, 5.41) is 7.57. The lowest BCUT2D eigenvalue weighted by Crippen LogP contribution is -2.34. The summed E-state index contributed by atoms with van der Waals surface area (Å²) < 4.78 is 6.73. The van der Waals surface area contributed by atoms with Gasteiger partial charge in [-0.2, -0.15) is 5.10 Å². The van der Waals surface area contributed by atoms with Crippen molar-refractivity contribution in [3.63, 3.8) is 0 Å². The Morgan fingerprint density at radius 1 is 0.956 bits per heavy atom. The Morgan fingerprint density at radius 3 is 2.24 bits per heavy atom. The summed E-state index contributed by atoms with van der Waals surface area (Å²) in [7, 11) is 0.